The van der Waals surface area contributed by atoms with Gasteiger partial charge in [-0.25, -0.2) is 0 Å². The van der Waals surface area contributed by atoms with Crippen molar-refractivity contribution in [3.63, 3.8) is 0 Å². The maximum absolute atomic E-state index is 12.4. The number of hydrogen-bond acceptors (Lipinski definition) is 4. The minimum atomic E-state index is -0.116. The third-order valence-electron chi connectivity index (χ3n) is 5.70. The average molecular weight is 431 g/mol. The van der Waals surface area contributed by atoms with Crippen LogP contribution >= 0.6 is 0 Å². The SMILES string of the molecule is Cc1ccc(NC(=O)c2ccc(CN3CCN(C)CC3)cc2)cc1N.Cc1ccccc1. The van der Waals surface area contributed by atoms with Gasteiger partial charge in [-0.1, -0.05) is 54.1 Å². The van der Waals surface area contributed by atoms with Crippen LogP contribution in [0.15, 0.2) is 72.8 Å². The number of hydrogen-bond donors (Lipinski definition) is 2. The summed E-state index contributed by atoms with van der Waals surface area (Å²) in [4.78, 5) is 17.2. The lowest BCUT2D eigenvalue weighted by atomic mass is 10.1. The number of rotatable bonds is 4. The minimum Gasteiger partial charge on any atom is -0.398 e. The number of carbonyl (C=O) groups excluding carboxylic acids is 1. The fourth-order valence-corrected chi connectivity index (χ4v) is 3.48. The number of piperazine rings is 1. The van der Waals surface area contributed by atoms with Gasteiger partial charge in [0, 0.05) is 49.7 Å². The summed E-state index contributed by atoms with van der Waals surface area (Å²) in [5.74, 6) is -0.116. The van der Waals surface area contributed by atoms with Crippen molar-refractivity contribution in [3.05, 3.63) is 95.1 Å². The standard InChI is InChI=1S/C20H26N4O.C7H8/c1-15-3-8-18(13-19(15)21)22-20(25)17-6-4-16(5-7-17)14-24-11-9-23(2)10-12-24;1-7-5-3-2-4-6-7/h3-8,13H,9-12,14,21H2,1-2H3,(H,22,25);2-6H,1H3. The van der Waals surface area contributed by atoms with Gasteiger partial charge in [0.05, 0.1) is 0 Å². The van der Waals surface area contributed by atoms with Crippen molar-refractivity contribution >= 4 is 17.3 Å². The van der Waals surface area contributed by atoms with Crippen LogP contribution in [0.2, 0.25) is 0 Å². The van der Waals surface area contributed by atoms with Gasteiger partial charge < -0.3 is 16.0 Å². The van der Waals surface area contributed by atoms with Crippen LogP contribution in [0.25, 0.3) is 0 Å². The van der Waals surface area contributed by atoms with E-state index in [0.717, 1.165) is 44.0 Å². The number of carbonyl (C=O) groups is 1. The zero-order valence-corrected chi connectivity index (χ0v) is 19.3. The summed E-state index contributed by atoms with van der Waals surface area (Å²) in [6.07, 6.45) is 0. The lowest BCUT2D eigenvalue weighted by Crippen LogP contribution is -2.43. The summed E-state index contributed by atoms with van der Waals surface area (Å²) in [5.41, 5.74) is 11.5. The van der Waals surface area contributed by atoms with Gasteiger partial charge >= 0.3 is 0 Å². The van der Waals surface area contributed by atoms with Crippen molar-refractivity contribution in [3.8, 4) is 0 Å². The van der Waals surface area contributed by atoms with Gasteiger partial charge in [-0.2, -0.15) is 0 Å². The molecule has 1 aliphatic heterocycles. The van der Waals surface area contributed by atoms with Crippen LogP contribution in [0.5, 0.6) is 0 Å². The van der Waals surface area contributed by atoms with Gasteiger partial charge in [0.25, 0.3) is 5.91 Å². The first-order chi connectivity index (χ1) is 15.4. The molecule has 1 fully saturated rings. The van der Waals surface area contributed by atoms with E-state index >= 15 is 0 Å². The second-order valence-electron chi connectivity index (χ2n) is 8.46. The highest BCUT2D eigenvalue weighted by Crippen LogP contribution is 2.18. The van der Waals surface area contributed by atoms with Crippen LogP contribution < -0.4 is 11.1 Å². The Hall–Kier alpha value is -3.15. The van der Waals surface area contributed by atoms with Crippen LogP contribution in [0.3, 0.4) is 0 Å². The molecule has 0 spiro atoms. The predicted octanol–water partition coefficient (Wildman–Crippen LogP) is 4.57. The second kappa shape index (κ2) is 11.5. The first-order valence-corrected chi connectivity index (χ1v) is 11.1. The first-order valence-electron chi connectivity index (χ1n) is 11.1. The molecule has 0 bridgehead atoms. The van der Waals surface area contributed by atoms with Gasteiger partial charge in [-0.05, 0) is 56.3 Å². The predicted molar refractivity (Wildman–Crippen MR) is 134 cm³/mol. The normalized spacial score (nSPS) is 14.3. The van der Waals surface area contributed by atoms with E-state index in [1.165, 1.54) is 11.1 Å². The zero-order valence-electron chi connectivity index (χ0n) is 19.3. The van der Waals surface area contributed by atoms with Crippen LogP contribution in [0.1, 0.15) is 27.0 Å². The van der Waals surface area contributed by atoms with Crippen LogP contribution in [0, 0.1) is 13.8 Å². The van der Waals surface area contributed by atoms with Crippen molar-refractivity contribution in [2.45, 2.75) is 20.4 Å². The van der Waals surface area contributed by atoms with Crippen molar-refractivity contribution in [1.29, 1.82) is 0 Å². The second-order valence-corrected chi connectivity index (χ2v) is 8.46. The Morgan fingerprint density at radius 1 is 0.906 bits per heavy atom. The summed E-state index contributed by atoms with van der Waals surface area (Å²) >= 11 is 0. The van der Waals surface area contributed by atoms with E-state index in [0.29, 0.717) is 11.3 Å². The summed E-state index contributed by atoms with van der Waals surface area (Å²) in [6, 6.07) is 23.7. The van der Waals surface area contributed by atoms with Crippen molar-refractivity contribution in [2.24, 2.45) is 0 Å². The van der Waals surface area contributed by atoms with E-state index in [1.807, 2.05) is 61.5 Å². The molecule has 1 heterocycles. The Kier molecular flexibility index (Phi) is 8.42. The molecule has 0 radical (unpaired) electrons. The molecule has 0 saturated carbocycles. The smallest absolute Gasteiger partial charge is 0.255 e. The molecule has 4 rings (SSSR count). The molecule has 3 aromatic carbocycles. The number of benzene rings is 3. The number of nitrogens with zero attached hydrogens (tertiary/aromatic N) is 2. The highest BCUT2D eigenvalue weighted by Gasteiger charge is 2.14. The Labute approximate surface area is 191 Å². The first kappa shape index (κ1) is 23.5. The molecule has 1 aliphatic rings. The van der Waals surface area contributed by atoms with E-state index in [2.05, 4.69) is 41.2 Å². The maximum atomic E-state index is 12.4. The Bertz CT molecular complexity index is 994. The van der Waals surface area contributed by atoms with Crippen LogP contribution in [0.4, 0.5) is 11.4 Å². The Morgan fingerprint density at radius 3 is 2.12 bits per heavy atom. The molecular formula is C27H34N4O. The fraction of sp³-hybridized carbons (Fsp3) is 0.296. The summed E-state index contributed by atoms with van der Waals surface area (Å²) in [5, 5.41) is 2.90. The van der Waals surface area contributed by atoms with Crippen molar-refractivity contribution in [2.75, 3.05) is 44.3 Å². The molecular weight excluding hydrogens is 396 g/mol. The van der Waals surface area contributed by atoms with E-state index in [1.54, 1.807) is 6.07 Å². The zero-order chi connectivity index (χ0) is 22.9. The van der Waals surface area contributed by atoms with Gasteiger partial charge in [0.2, 0.25) is 0 Å². The highest BCUT2D eigenvalue weighted by atomic mass is 16.1. The lowest BCUT2D eigenvalue weighted by Gasteiger charge is -2.32. The maximum Gasteiger partial charge on any atom is 0.255 e. The highest BCUT2D eigenvalue weighted by molar-refractivity contribution is 6.04. The lowest BCUT2D eigenvalue weighted by molar-refractivity contribution is 0.102. The van der Waals surface area contributed by atoms with E-state index in [-0.39, 0.29) is 5.91 Å². The number of nitrogens with two attached hydrogens (primary N) is 1. The molecule has 3 N–H and O–H groups in total. The van der Waals surface area contributed by atoms with Gasteiger partial charge in [-0.15, -0.1) is 0 Å². The molecule has 0 unspecified atom stereocenters. The number of aryl methyl sites for hydroxylation is 2. The molecule has 0 aromatic heterocycles. The van der Waals surface area contributed by atoms with Crippen LogP contribution in [-0.2, 0) is 6.54 Å². The molecule has 32 heavy (non-hydrogen) atoms. The quantitative estimate of drug-likeness (QED) is 0.595. The van der Waals surface area contributed by atoms with Gasteiger partial charge in [-0.3, -0.25) is 9.69 Å². The van der Waals surface area contributed by atoms with Crippen LogP contribution in [-0.4, -0.2) is 48.9 Å². The number of nitrogens with one attached hydrogen (secondary N) is 1. The Morgan fingerprint density at radius 2 is 1.56 bits per heavy atom. The van der Waals surface area contributed by atoms with Gasteiger partial charge in [0.1, 0.15) is 0 Å². The molecule has 5 nitrogen and oxygen atoms in total. The van der Waals surface area contributed by atoms with Gasteiger partial charge in [0.15, 0.2) is 0 Å². The average Bonchev–Trinajstić information content (AvgIpc) is 2.79. The number of amides is 1. The molecule has 3 aromatic rings. The molecule has 5 heteroatoms. The molecule has 0 aliphatic carbocycles. The summed E-state index contributed by atoms with van der Waals surface area (Å²) in [6.45, 7) is 9.37. The summed E-state index contributed by atoms with van der Waals surface area (Å²) in [7, 11) is 2.16. The molecule has 168 valence electrons. The monoisotopic (exact) mass is 430 g/mol. The van der Waals surface area contributed by atoms with E-state index < -0.39 is 0 Å². The largest absolute Gasteiger partial charge is 0.398 e. The minimum absolute atomic E-state index is 0.116. The number of anilines is 2. The Balaban J connectivity index is 0.000000352. The number of nitrogen functional groups attached to an aromatic ring is 1. The number of likely N-dealkylation sites (N-methyl/N-ethyl adjacent to an activating group) is 1. The fourth-order valence-electron chi connectivity index (χ4n) is 3.48. The van der Waals surface area contributed by atoms with Crippen molar-refractivity contribution in [1.82, 2.24) is 9.80 Å². The third-order valence-corrected chi connectivity index (χ3v) is 5.70. The topological polar surface area (TPSA) is 61.6 Å². The molecule has 1 amide bonds. The summed E-state index contributed by atoms with van der Waals surface area (Å²) < 4.78 is 0. The van der Waals surface area contributed by atoms with E-state index in [9.17, 15) is 4.79 Å². The molecule has 0 atom stereocenters. The van der Waals surface area contributed by atoms with Crippen molar-refractivity contribution < 1.29 is 4.79 Å². The third kappa shape index (κ3) is 7.22. The van der Waals surface area contributed by atoms with E-state index in [4.69, 9.17) is 5.73 Å². The molecule has 1 saturated heterocycles.